The molecule has 31 heavy (non-hydrogen) atoms. The summed E-state index contributed by atoms with van der Waals surface area (Å²) in [5.41, 5.74) is 0.225. The molecule has 1 aromatic heterocycles. The number of ether oxygens (including phenoxy) is 1. The zero-order chi connectivity index (χ0) is 22.3. The average molecular weight is 442 g/mol. The molecule has 3 rings (SSSR count). The van der Waals surface area contributed by atoms with Gasteiger partial charge in [-0.15, -0.1) is 0 Å². The van der Waals surface area contributed by atoms with Crippen LogP contribution in [-0.2, 0) is 9.92 Å². The zero-order valence-corrected chi connectivity index (χ0v) is 17.7. The first-order valence-corrected chi connectivity index (χ1v) is 11.2. The topological polar surface area (TPSA) is 137 Å². The van der Waals surface area contributed by atoms with Crippen molar-refractivity contribution < 1.29 is 18.8 Å². The standard InChI is InChI=1S/C21H23N5O4S/c1-2-3-9-24-17-12-15(21(27)28)13-18(20(17)30-16-7-5-4-6-8-16)31(22,29)26-19-14-23-10-11-25-19/h4-8,10-14,24H,2-3,9H2,1H3,(H,27,28)(H2,22,25,26,29). The van der Waals surface area contributed by atoms with Crippen molar-refractivity contribution in [3.8, 4) is 11.5 Å². The lowest BCUT2D eigenvalue weighted by Gasteiger charge is -2.20. The van der Waals surface area contributed by atoms with E-state index < -0.39 is 15.9 Å². The summed E-state index contributed by atoms with van der Waals surface area (Å²) in [7, 11) is -3.75. The summed E-state index contributed by atoms with van der Waals surface area (Å²) in [6.45, 7) is 2.59. The van der Waals surface area contributed by atoms with E-state index in [0.29, 0.717) is 18.0 Å². The van der Waals surface area contributed by atoms with E-state index >= 15 is 0 Å². The predicted octanol–water partition coefficient (Wildman–Crippen LogP) is 4.61. The molecule has 4 N–H and O–H groups in total. The second-order valence-electron chi connectivity index (χ2n) is 6.60. The SMILES string of the molecule is CCCCNc1cc(C(=O)O)cc(S(=N)(=O)Nc2cnccn2)c1Oc1ccccc1. The number of carboxylic acids is 1. The van der Waals surface area contributed by atoms with E-state index in [-0.39, 0.29) is 22.0 Å². The Balaban J connectivity index is 2.14. The summed E-state index contributed by atoms with van der Waals surface area (Å²) in [6.07, 6.45) is 5.93. The van der Waals surface area contributed by atoms with E-state index in [9.17, 15) is 14.1 Å². The Morgan fingerprint density at radius 1 is 1.23 bits per heavy atom. The molecular formula is C21H23N5O4S. The van der Waals surface area contributed by atoms with Crippen LogP contribution < -0.4 is 14.8 Å². The molecule has 0 aliphatic rings. The minimum Gasteiger partial charge on any atom is -0.478 e. The van der Waals surface area contributed by atoms with Crippen LogP contribution in [0.2, 0.25) is 0 Å². The Morgan fingerprint density at radius 3 is 2.65 bits per heavy atom. The maximum absolute atomic E-state index is 13.4. The molecular weight excluding hydrogens is 418 g/mol. The van der Waals surface area contributed by atoms with Crippen molar-refractivity contribution in [3.63, 3.8) is 0 Å². The predicted molar refractivity (Wildman–Crippen MR) is 118 cm³/mol. The molecule has 0 saturated carbocycles. The molecule has 10 heteroatoms. The van der Waals surface area contributed by atoms with Crippen molar-refractivity contribution >= 4 is 27.4 Å². The molecule has 0 aliphatic heterocycles. The van der Waals surface area contributed by atoms with Gasteiger partial charge in [0.25, 0.3) is 0 Å². The van der Waals surface area contributed by atoms with Gasteiger partial charge in [-0.05, 0) is 30.7 Å². The van der Waals surface area contributed by atoms with Crippen molar-refractivity contribution in [3.05, 3.63) is 66.6 Å². The van der Waals surface area contributed by atoms with E-state index in [4.69, 9.17) is 9.52 Å². The van der Waals surface area contributed by atoms with Crippen molar-refractivity contribution in [1.82, 2.24) is 9.97 Å². The molecule has 9 nitrogen and oxygen atoms in total. The van der Waals surface area contributed by atoms with Crippen molar-refractivity contribution in [2.75, 3.05) is 16.6 Å². The third-order valence-corrected chi connectivity index (χ3v) is 5.65. The van der Waals surface area contributed by atoms with Crippen molar-refractivity contribution in [2.24, 2.45) is 0 Å². The van der Waals surface area contributed by atoms with Gasteiger partial charge in [0.05, 0.1) is 17.4 Å². The summed E-state index contributed by atoms with van der Waals surface area (Å²) in [6, 6.07) is 11.4. The Bertz CT molecular complexity index is 1140. The second kappa shape index (κ2) is 9.90. The number of aromatic carboxylic acids is 1. The van der Waals surface area contributed by atoms with E-state index in [1.165, 1.54) is 30.7 Å². The van der Waals surface area contributed by atoms with Crippen LogP contribution in [0.15, 0.2) is 66.0 Å². The number of aromatic nitrogens is 2. The van der Waals surface area contributed by atoms with Gasteiger partial charge < -0.3 is 15.2 Å². The minimum atomic E-state index is -3.75. The average Bonchev–Trinajstić information content (AvgIpc) is 2.75. The monoisotopic (exact) mass is 441 g/mol. The first kappa shape index (κ1) is 22.0. The first-order valence-electron chi connectivity index (χ1n) is 9.61. The van der Waals surface area contributed by atoms with Crippen LogP contribution in [0, 0.1) is 4.78 Å². The Kier molecular flexibility index (Phi) is 7.03. The smallest absolute Gasteiger partial charge is 0.335 e. The number of rotatable bonds is 10. The Labute approximate surface area is 180 Å². The van der Waals surface area contributed by atoms with Gasteiger partial charge in [0.1, 0.15) is 10.6 Å². The van der Waals surface area contributed by atoms with Crippen LogP contribution in [0.25, 0.3) is 0 Å². The number of para-hydroxylation sites is 1. The van der Waals surface area contributed by atoms with E-state index in [0.717, 1.165) is 12.8 Å². The fourth-order valence-corrected chi connectivity index (χ4v) is 3.95. The Hall–Kier alpha value is -3.66. The van der Waals surface area contributed by atoms with Gasteiger partial charge in [0, 0.05) is 18.9 Å². The maximum atomic E-state index is 13.4. The highest BCUT2D eigenvalue weighted by Gasteiger charge is 2.24. The number of nitrogens with one attached hydrogen (secondary N) is 3. The van der Waals surface area contributed by atoms with Gasteiger partial charge in [-0.1, -0.05) is 31.5 Å². The fraction of sp³-hybridized carbons (Fsp3) is 0.190. The molecule has 0 radical (unpaired) electrons. The quantitative estimate of drug-likeness (QED) is 0.337. The van der Waals surface area contributed by atoms with Gasteiger partial charge in [-0.3, -0.25) is 9.71 Å². The van der Waals surface area contributed by atoms with Crippen LogP contribution in [0.4, 0.5) is 11.5 Å². The van der Waals surface area contributed by atoms with Gasteiger partial charge in [-0.25, -0.2) is 18.8 Å². The molecule has 162 valence electrons. The van der Waals surface area contributed by atoms with Crippen LogP contribution in [-0.4, -0.2) is 31.8 Å². The van der Waals surface area contributed by atoms with Gasteiger partial charge in [-0.2, -0.15) is 0 Å². The molecule has 1 unspecified atom stereocenters. The lowest BCUT2D eigenvalue weighted by molar-refractivity contribution is 0.0696. The summed E-state index contributed by atoms with van der Waals surface area (Å²) in [4.78, 5) is 19.5. The molecule has 2 aromatic carbocycles. The lowest BCUT2D eigenvalue weighted by Crippen LogP contribution is -2.16. The van der Waals surface area contributed by atoms with Gasteiger partial charge in [0.2, 0.25) is 0 Å². The van der Waals surface area contributed by atoms with Crippen LogP contribution in [0.3, 0.4) is 0 Å². The summed E-state index contributed by atoms with van der Waals surface area (Å²) in [5.74, 6) is -0.515. The third-order valence-electron chi connectivity index (χ3n) is 4.23. The number of anilines is 2. The lowest BCUT2D eigenvalue weighted by atomic mass is 10.1. The molecule has 1 atom stereocenters. The molecule has 0 bridgehead atoms. The summed E-state index contributed by atoms with van der Waals surface area (Å²) >= 11 is 0. The van der Waals surface area contributed by atoms with Gasteiger partial charge >= 0.3 is 5.97 Å². The molecule has 0 saturated heterocycles. The van der Waals surface area contributed by atoms with Gasteiger partial charge in [0.15, 0.2) is 21.5 Å². The molecule has 0 spiro atoms. The number of unbranched alkanes of at least 4 members (excludes halogenated alkanes) is 1. The fourth-order valence-electron chi connectivity index (χ4n) is 2.74. The van der Waals surface area contributed by atoms with E-state index in [1.807, 2.05) is 13.0 Å². The van der Waals surface area contributed by atoms with E-state index in [2.05, 4.69) is 20.0 Å². The molecule has 0 aliphatic carbocycles. The summed E-state index contributed by atoms with van der Waals surface area (Å²) in [5, 5.41) is 12.7. The van der Waals surface area contributed by atoms with Crippen LogP contribution in [0.5, 0.6) is 11.5 Å². The van der Waals surface area contributed by atoms with E-state index in [1.54, 1.807) is 24.3 Å². The number of nitrogens with zero attached hydrogens (tertiary/aromatic N) is 2. The summed E-state index contributed by atoms with van der Waals surface area (Å²) < 4.78 is 30.5. The largest absolute Gasteiger partial charge is 0.478 e. The molecule has 0 fully saturated rings. The number of hydrogen-bond acceptors (Lipinski definition) is 7. The molecule has 0 amide bonds. The molecule has 3 aromatic rings. The molecule has 1 heterocycles. The second-order valence-corrected chi connectivity index (χ2v) is 8.36. The zero-order valence-electron chi connectivity index (χ0n) is 16.9. The highest BCUT2D eigenvalue weighted by molar-refractivity contribution is 7.93. The highest BCUT2D eigenvalue weighted by Crippen LogP contribution is 2.38. The number of hydrogen-bond donors (Lipinski definition) is 4. The number of carbonyl (C=O) groups is 1. The van der Waals surface area contributed by atoms with Crippen LogP contribution in [0.1, 0.15) is 30.1 Å². The van der Waals surface area contributed by atoms with Crippen molar-refractivity contribution in [2.45, 2.75) is 24.7 Å². The number of carboxylic acid groups (broad SMARTS) is 1. The Morgan fingerprint density at radius 2 is 2.00 bits per heavy atom. The third kappa shape index (κ3) is 5.70. The first-order chi connectivity index (χ1) is 14.9. The maximum Gasteiger partial charge on any atom is 0.335 e. The van der Waals surface area contributed by atoms with Crippen LogP contribution >= 0.6 is 0 Å². The highest BCUT2D eigenvalue weighted by atomic mass is 32.2. The number of benzene rings is 2. The normalized spacial score (nSPS) is 12.5. The van der Waals surface area contributed by atoms with Crippen molar-refractivity contribution in [1.29, 1.82) is 4.78 Å². The minimum absolute atomic E-state index is 0.110.